The molecule has 0 radical (unpaired) electrons. The number of fused-ring (bicyclic) bond motifs is 1. The maximum Gasteiger partial charge on any atom is 0.317 e. The Morgan fingerprint density at radius 2 is 1.92 bits per heavy atom. The topological polar surface area (TPSA) is 88.6 Å². The molecule has 8 heteroatoms. The first kappa shape index (κ1) is 18.6. The van der Waals surface area contributed by atoms with Gasteiger partial charge < -0.3 is 25.4 Å². The van der Waals surface area contributed by atoms with Gasteiger partial charge in [-0.15, -0.1) is 0 Å². The van der Waals surface area contributed by atoms with E-state index in [2.05, 4.69) is 10.3 Å². The van der Waals surface area contributed by atoms with Gasteiger partial charge in [0.15, 0.2) is 0 Å². The number of hydrogen-bond acceptors (Lipinski definition) is 3. The van der Waals surface area contributed by atoms with Gasteiger partial charge >= 0.3 is 6.03 Å². The van der Waals surface area contributed by atoms with E-state index in [1.807, 2.05) is 0 Å². The molecular weight excluding hydrogens is 344 g/mol. The number of nitrogens with one attached hydrogen (secondary N) is 2. The number of aliphatic hydroxyl groups excluding tert-OH is 2. The zero-order valence-corrected chi connectivity index (χ0v) is 14.3. The summed E-state index contributed by atoms with van der Waals surface area (Å²) in [6, 6.07) is 1.81. The van der Waals surface area contributed by atoms with Crippen molar-refractivity contribution in [3.8, 4) is 0 Å². The highest BCUT2D eigenvalue weighted by molar-refractivity contribution is 5.84. The number of benzene rings is 1. The fourth-order valence-corrected chi connectivity index (χ4v) is 3.61. The number of halogens is 2. The van der Waals surface area contributed by atoms with Crippen molar-refractivity contribution in [2.45, 2.75) is 12.8 Å². The maximum absolute atomic E-state index is 14.0. The Labute approximate surface area is 149 Å². The first-order chi connectivity index (χ1) is 12.5. The fraction of sp³-hybridized carbons (Fsp3) is 0.500. The lowest BCUT2D eigenvalue weighted by Gasteiger charge is -2.36. The standard InChI is InChI=1S/C18H23F2N3O3/c19-14-4-15(20)17-13(6-22-16(17)5-14)1-2-21-18(26)23-7-11(9-24)3-12(8-23)10-25/h4-6,11-12,22,24-25H,1-3,7-10H2,(H,21,26). The number of carbonyl (C=O) groups is 1. The highest BCUT2D eigenvalue weighted by Gasteiger charge is 2.29. The highest BCUT2D eigenvalue weighted by atomic mass is 19.1. The molecule has 1 aromatic heterocycles. The van der Waals surface area contributed by atoms with Crippen LogP contribution in [-0.2, 0) is 6.42 Å². The lowest BCUT2D eigenvalue weighted by atomic mass is 9.90. The number of aliphatic hydroxyl groups is 2. The molecule has 2 aromatic rings. The number of amides is 2. The van der Waals surface area contributed by atoms with Gasteiger partial charge in [0.2, 0.25) is 0 Å². The van der Waals surface area contributed by atoms with Gasteiger partial charge in [0.05, 0.1) is 5.52 Å². The number of H-pyrrole nitrogens is 1. The highest BCUT2D eigenvalue weighted by Crippen LogP contribution is 2.24. The Balaban J connectivity index is 1.59. The van der Waals surface area contributed by atoms with Crippen molar-refractivity contribution >= 4 is 16.9 Å². The molecule has 2 atom stereocenters. The summed E-state index contributed by atoms with van der Waals surface area (Å²) >= 11 is 0. The van der Waals surface area contributed by atoms with E-state index in [-0.39, 0.29) is 31.1 Å². The lowest BCUT2D eigenvalue weighted by Crippen LogP contribution is -2.50. The molecule has 3 rings (SSSR count). The van der Waals surface area contributed by atoms with Crippen molar-refractivity contribution in [2.24, 2.45) is 11.8 Å². The summed E-state index contributed by atoms with van der Waals surface area (Å²) < 4.78 is 27.2. The summed E-state index contributed by atoms with van der Waals surface area (Å²) in [4.78, 5) is 16.8. The molecule has 0 aliphatic carbocycles. The van der Waals surface area contributed by atoms with Gasteiger partial charge in [-0.1, -0.05) is 0 Å². The van der Waals surface area contributed by atoms with Crippen molar-refractivity contribution in [3.05, 3.63) is 35.5 Å². The lowest BCUT2D eigenvalue weighted by molar-refractivity contribution is 0.0737. The van der Waals surface area contributed by atoms with Crippen molar-refractivity contribution < 1.29 is 23.8 Å². The second-order valence-electron chi connectivity index (χ2n) is 6.84. The van der Waals surface area contributed by atoms with Gasteiger partial charge in [-0.3, -0.25) is 0 Å². The Morgan fingerprint density at radius 3 is 2.58 bits per heavy atom. The van der Waals surface area contributed by atoms with E-state index in [9.17, 15) is 23.8 Å². The minimum Gasteiger partial charge on any atom is -0.396 e. The fourth-order valence-electron chi connectivity index (χ4n) is 3.61. The molecule has 2 amide bonds. The first-order valence-corrected chi connectivity index (χ1v) is 8.71. The maximum atomic E-state index is 14.0. The van der Waals surface area contributed by atoms with Crippen LogP contribution in [0.5, 0.6) is 0 Å². The second kappa shape index (κ2) is 8.01. The summed E-state index contributed by atoms with van der Waals surface area (Å²) in [5.41, 5.74) is 1.05. The molecule has 2 heterocycles. The number of piperidine rings is 1. The first-order valence-electron chi connectivity index (χ1n) is 8.71. The minimum atomic E-state index is -0.640. The molecule has 1 saturated heterocycles. The van der Waals surface area contributed by atoms with Gasteiger partial charge in [-0.2, -0.15) is 0 Å². The van der Waals surface area contributed by atoms with E-state index >= 15 is 0 Å². The van der Waals surface area contributed by atoms with Crippen molar-refractivity contribution in [1.82, 2.24) is 15.2 Å². The van der Waals surface area contributed by atoms with Crippen molar-refractivity contribution in [2.75, 3.05) is 32.8 Å². The average Bonchev–Trinajstić information content (AvgIpc) is 3.04. The van der Waals surface area contributed by atoms with Gasteiger partial charge in [-0.05, 0) is 24.5 Å². The predicted octanol–water partition coefficient (Wildman–Crippen LogP) is 1.62. The summed E-state index contributed by atoms with van der Waals surface area (Å²) in [5.74, 6) is -1.35. The van der Waals surface area contributed by atoms with Crippen LogP contribution in [0.2, 0.25) is 0 Å². The third-order valence-corrected chi connectivity index (χ3v) is 4.88. The predicted molar refractivity (Wildman–Crippen MR) is 92.7 cm³/mol. The van der Waals surface area contributed by atoms with Crippen LogP contribution in [-0.4, -0.2) is 59.0 Å². The van der Waals surface area contributed by atoms with E-state index in [1.54, 1.807) is 11.1 Å². The van der Waals surface area contributed by atoms with Crippen LogP contribution >= 0.6 is 0 Å². The minimum absolute atomic E-state index is 0.0224. The summed E-state index contributed by atoms with van der Waals surface area (Å²) in [5, 5.41) is 21.8. The zero-order chi connectivity index (χ0) is 18.7. The normalized spacial score (nSPS) is 20.5. The molecule has 0 saturated carbocycles. The molecule has 26 heavy (non-hydrogen) atoms. The molecular formula is C18H23F2N3O3. The van der Waals surface area contributed by atoms with E-state index in [0.29, 0.717) is 48.9 Å². The van der Waals surface area contributed by atoms with E-state index in [0.717, 1.165) is 6.07 Å². The number of carbonyl (C=O) groups excluding carboxylic acids is 1. The van der Waals surface area contributed by atoms with Crippen molar-refractivity contribution in [1.29, 1.82) is 0 Å². The van der Waals surface area contributed by atoms with Gasteiger partial charge in [0, 0.05) is 62.3 Å². The molecule has 1 aliphatic heterocycles. The molecule has 2 unspecified atom stereocenters. The van der Waals surface area contributed by atoms with Crippen LogP contribution in [0.1, 0.15) is 12.0 Å². The number of hydrogen-bond donors (Lipinski definition) is 4. The monoisotopic (exact) mass is 367 g/mol. The zero-order valence-electron chi connectivity index (χ0n) is 14.3. The van der Waals surface area contributed by atoms with E-state index in [1.165, 1.54) is 6.07 Å². The van der Waals surface area contributed by atoms with Crippen LogP contribution in [0.3, 0.4) is 0 Å². The van der Waals surface area contributed by atoms with Crippen molar-refractivity contribution in [3.63, 3.8) is 0 Å². The largest absolute Gasteiger partial charge is 0.396 e. The van der Waals surface area contributed by atoms with Crippen LogP contribution in [0.4, 0.5) is 13.6 Å². The molecule has 6 nitrogen and oxygen atoms in total. The second-order valence-corrected chi connectivity index (χ2v) is 6.84. The molecule has 1 fully saturated rings. The average molecular weight is 367 g/mol. The Morgan fingerprint density at radius 1 is 1.23 bits per heavy atom. The molecule has 0 bridgehead atoms. The Bertz CT molecular complexity index is 768. The number of urea groups is 1. The van der Waals surface area contributed by atoms with Gasteiger partial charge in [-0.25, -0.2) is 13.6 Å². The third-order valence-electron chi connectivity index (χ3n) is 4.88. The number of aromatic amines is 1. The van der Waals surface area contributed by atoms with E-state index in [4.69, 9.17) is 0 Å². The smallest absolute Gasteiger partial charge is 0.317 e. The van der Waals surface area contributed by atoms with Crippen LogP contribution in [0.15, 0.2) is 18.3 Å². The third kappa shape index (κ3) is 3.96. The van der Waals surface area contributed by atoms with Gasteiger partial charge in [0.1, 0.15) is 11.6 Å². The number of likely N-dealkylation sites (tertiary alicyclic amines) is 1. The number of rotatable bonds is 5. The molecule has 0 spiro atoms. The Hall–Kier alpha value is -2.19. The quantitative estimate of drug-likeness (QED) is 0.648. The van der Waals surface area contributed by atoms with Gasteiger partial charge in [0.25, 0.3) is 0 Å². The summed E-state index contributed by atoms with van der Waals surface area (Å²) in [7, 11) is 0. The van der Waals surface area contributed by atoms with Crippen LogP contribution in [0.25, 0.3) is 10.9 Å². The molecule has 4 N–H and O–H groups in total. The van der Waals surface area contributed by atoms with Crippen LogP contribution < -0.4 is 5.32 Å². The number of aromatic nitrogens is 1. The van der Waals surface area contributed by atoms with Crippen LogP contribution in [0, 0.1) is 23.5 Å². The molecule has 142 valence electrons. The molecule has 1 aromatic carbocycles. The molecule has 1 aliphatic rings. The Kier molecular flexibility index (Phi) is 5.73. The summed E-state index contributed by atoms with van der Waals surface area (Å²) in [6.45, 7) is 1.14. The SMILES string of the molecule is O=C(NCCc1c[nH]c2cc(F)cc(F)c12)N1CC(CO)CC(CO)C1. The van der Waals surface area contributed by atoms with E-state index < -0.39 is 11.6 Å². The summed E-state index contributed by atoms with van der Waals surface area (Å²) in [6.07, 6.45) is 2.71. The number of nitrogens with zero attached hydrogens (tertiary/aromatic N) is 1.